The van der Waals surface area contributed by atoms with Gasteiger partial charge in [0.25, 0.3) is 5.91 Å². The van der Waals surface area contributed by atoms with Gasteiger partial charge in [0.05, 0.1) is 11.4 Å². The number of thiocarbonyl (C=S) groups is 1. The molecule has 3 rings (SSSR count). The highest BCUT2D eigenvalue weighted by Crippen LogP contribution is 2.34. The van der Waals surface area contributed by atoms with Crippen LogP contribution in [0.2, 0.25) is 0 Å². The molecular formula is C18H15NO2S2. The summed E-state index contributed by atoms with van der Waals surface area (Å²) in [7, 11) is 0. The van der Waals surface area contributed by atoms with Crippen LogP contribution in [-0.4, -0.2) is 20.2 Å². The van der Waals surface area contributed by atoms with Gasteiger partial charge in [-0.05, 0) is 24.6 Å². The van der Waals surface area contributed by atoms with E-state index in [1.165, 1.54) is 17.3 Å². The van der Waals surface area contributed by atoms with Crippen molar-refractivity contribution >= 4 is 40.3 Å². The van der Waals surface area contributed by atoms with Gasteiger partial charge in [0, 0.05) is 5.56 Å². The molecule has 116 valence electrons. The molecule has 0 bridgehead atoms. The molecule has 1 amide bonds. The molecule has 0 aliphatic carbocycles. The van der Waals surface area contributed by atoms with Crippen LogP contribution in [0.4, 0.5) is 0 Å². The third-order valence-corrected chi connectivity index (χ3v) is 4.94. The Labute approximate surface area is 144 Å². The molecule has 1 aliphatic rings. The number of benzene rings is 2. The Morgan fingerprint density at radius 1 is 1.17 bits per heavy atom. The van der Waals surface area contributed by atoms with E-state index in [-0.39, 0.29) is 11.7 Å². The van der Waals surface area contributed by atoms with Crippen LogP contribution in [-0.2, 0) is 11.3 Å². The quantitative estimate of drug-likeness (QED) is 0.674. The van der Waals surface area contributed by atoms with Gasteiger partial charge in [0.2, 0.25) is 0 Å². The number of carbonyl (C=O) groups excluding carboxylic acids is 1. The molecule has 0 unspecified atom stereocenters. The number of para-hydroxylation sites is 1. The third-order valence-electron chi connectivity index (χ3n) is 3.56. The summed E-state index contributed by atoms with van der Waals surface area (Å²) in [5, 5.41) is 9.84. The summed E-state index contributed by atoms with van der Waals surface area (Å²) in [5.41, 5.74) is 2.83. The van der Waals surface area contributed by atoms with Crippen LogP contribution >= 0.6 is 24.0 Å². The van der Waals surface area contributed by atoms with E-state index in [0.29, 0.717) is 21.3 Å². The average molecular weight is 341 g/mol. The number of aromatic hydroxyl groups is 1. The zero-order chi connectivity index (χ0) is 16.4. The maximum Gasteiger partial charge on any atom is 0.266 e. The fourth-order valence-corrected chi connectivity index (χ4v) is 3.51. The van der Waals surface area contributed by atoms with Crippen LogP contribution in [0.15, 0.2) is 53.4 Å². The number of aryl methyl sites for hydroxylation is 1. The molecule has 1 fully saturated rings. The first-order chi connectivity index (χ1) is 11.0. The van der Waals surface area contributed by atoms with Crippen molar-refractivity contribution in [2.75, 3.05) is 0 Å². The van der Waals surface area contributed by atoms with Crippen molar-refractivity contribution in [1.29, 1.82) is 0 Å². The molecular weight excluding hydrogens is 326 g/mol. The number of hydrogen-bond donors (Lipinski definition) is 1. The SMILES string of the molecule is Cc1ccc(CN2C(=O)/C(=C/c3ccccc3O)SC2=S)cc1. The summed E-state index contributed by atoms with van der Waals surface area (Å²) < 4.78 is 0.539. The molecule has 0 saturated carbocycles. The lowest BCUT2D eigenvalue weighted by Crippen LogP contribution is -2.27. The molecule has 0 atom stereocenters. The van der Waals surface area contributed by atoms with E-state index in [9.17, 15) is 9.90 Å². The first-order valence-corrected chi connectivity index (χ1v) is 8.36. The first kappa shape index (κ1) is 15.8. The highest BCUT2D eigenvalue weighted by Gasteiger charge is 2.32. The van der Waals surface area contributed by atoms with Gasteiger partial charge < -0.3 is 5.11 Å². The molecule has 2 aromatic carbocycles. The minimum atomic E-state index is -0.121. The number of nitrogens with zero attached hydrogens (tertiary/aromatic N) is 1. The van der Waals surface area contributed by atoms with Crippen molar-refractivity contribution in [3.05, 3.63) is 70.1 Å². The molecule has 1 saturated heterocycles. The Balaban J connectivity index is 1.82. The Bertz CT molecular complexity index is 797. The predicted molar refractivity (Wildman–Crippen MR) is 98.0 cm³/mol. The highest BCUT2D eigenvalue weighted by molar-refractivity contribution is 8.26. The van der Waals surface area contributed by atoms with Crippen LogP contribution in [0.3, 0.4) is 0 Å². The largest absolute Gasteiger partial charge is 0.507 e. The summed E-state index contributed by atoms with van der Waals surface area (Å²) in [6, 6.07) is 15.0. The van der Waals surface area contributed by atoms with E-state index in [1.54, 1.807) is 29.2 Å². The van der Waals surface area contributed by atoms with Gasteiger partial charge in [-0.2, -0.15) is 0 Å². The van der Waals surface area contributed by atoms with E-state index in [4.69, 9.17) is 12.2 Å². The first-order valence-electron chi connectivity index (χ1n) is 7.13. The predicted octanol–water partition coefficient (Wildman–Crippen LogP) is 4.10. The Kier molecular flexibility index (Phi) is 4.50. The van der Waals surface area contributed by atoms with Gasteiger partial charge in [0.15, 0.2) is 0 Å². The second-order valence-corrected chi connectivity index (χ2v) is 6.99. The zero-order valence-corrected chi connectivity index (χ0v) is 14.2. The molecule has 23 heavy (non-hydrogen) atoms. The van der Waals surface area contributed by atoms with Gasteiger partial charge in [-0.25, -0.2) is 0 Å². The summed E-state index contributed by atoms with van der Waals surface area (Å²) in [6.07, 6.45) is 1.68. The second-order valence-electron chi connectivity index (χ2n) is 5.31. The standard InChI is InChI=1S/C18H15NO2S2/c1-12-6-8-13(9-7-12)11-19-17(21)16(23-18(19)22)10-14-4-2-3-5-15(14)20/h2-10,20H,11H2,1H3/b16-10-. The highest BCUT2D eigenvalue weighted by atomic mass is 32.2. The molecule has 2 aromatic rings. The molecule has 1 aliphatic heterocycles. The van der Waals surface area contributed by atoms with Crippen molar-refractivity contribution in [3.63, 3.8) is 0 Å². The number of hydrogen-bond acceptors (Lipinski definition) is 4. The number of amides is 1. The van der Waals surface area contributed by atoms with Crippen LogP contribution in [0.5, 0.6) is 5.75 Å². The molecule has 1 N–H and O–H groups in total. The van der Waals surface area contributed by atoms with Gasteiger partial charge >= 0.3 is 0 Å². The van der Waals surface area contributed by atoms with E-state index in [2.05, 4.69) is 0 Å². The van der Waals surface area contributed by atoms with Crippen LogP contribution in [0.1, 0.15) is 16.7 Å². The van der Waals surface area contributed by atoms with Crippen LogP contribution in [0, 0.1) is 6.92 Å². The smallest absolute Gasteiger partial charge is 0.266 e. The molecule has 3 nitrogen and oxygen atoms in total. The third kappa shape index (κ3) is 3.46. The number of carbonyl (C=O) groups is 1. The number of phenolic OH excluding ortho intramolecular Hbond substituents is 1. The maximum atomic E-state index is 12.6. The Morgan fingerprint density at radius 2 is 1.87 bits per heavy atom. The minimum absolute atomic E-state index is 0.121. The summed E-state index contributed by atoms with van der Waals surface area (Å²) in [5.74, 6) is 0.0279. The van der Waals surface area contributed by atoms with Crippen LogP contribution < -0.4 is 0 Å². The van der Waals surface area contributed by atoms with E-state index >= 15 is 0 Å². The van der Waals surface area contributed by atoms with E-state index in [1.807, 2.05) is 37.3 Å². The van der Waals surface area contributed by atoms with Crippen LogP contribution in [0.25, 0.3) is 6.08 Å². The normalized spacial score (nSPS) is 16.4. The molecule has 0 radical (unpaired) electrons. The van der Waals surface area contributed by atoms with Crippen molar-refractivity contribution in [2.45, 2.75) is 13.5 Å². The van der Waals surface area contributed by atoms with Gasteiger partial charge in [-0.15, -0.1) is 0 Å². The van der Waals surface area contributed by atoms with Crippen molar-refractivity contribution in [3.8, 4) is 5.75 Å². The molecule has 0 spiro atoms. The zero-order valence-electron chi connectivity index (χ0n) is 12.5. The lowest BCUT2D eigenvalue weighted by atomic mass is 10.1. The van der Waals surface area contributed by atoms with E-state index < -0.39 is 0 Å². The van der Waals surface area contributed by atoms with E-state index in [0.717, 1.165) is 5.56 Å². The molecule has 1 heterocycles. The number of thioether (sulfide) groups is 1. The minimum Gasteiger partial charge on any atom is -0.507 e. The van der Waals surface area contributed by atoms with Crippen molar-refractivity contribution < 1.29 is 9.90 Å². The fraction of sp³-hybridized carbons (Fsp3) is 0.111. The number of rotatable bonds is 3. The second kappa shape index (κ2) is 6.56. The van der Waals surface area contributed by atoms with Gasteiger partial charge in [0.1, 0.15) is 10.1 Å². The summed E-state index contributed by atoms with van der Waals surface area (Å²) in [4.78, 5) is 14.7. The fourth-order valence-electron chi connectivity index (χ4n) is 2.26. The average Bonchev–Trinajstić information content (AvgIpc) is 2.79. The topological polar surface area (TPSA) is 40.5 Å². The number of phenols is 1. The monoisotopic (exact) mass is 341 g/mol. The Hall–Kier alpha value is -2.11. The summed E-state index contributed by atoms with van der Waals surface area (Å²) >= 11 is 6.60. The lowest BCUT2D eigenvalue weighted by Gasteiger charge is -2.14. The summed E-state index contributed by atoms with van der Waals surface area (Å²) in [6.45, 7) is 2.49. The van der Waals surface area contributed by atoms with Crippen molar-refractivity contribution in [1.82, 2.24) is 4.90 Å². The van der Waals surface area contributed by atoms with Gasteiger partial charge in [-0.1, -0.05) is 72.0 Å². The van der Waals surface area contributed by atoms with Gasteiger partial charge in [-0.3, -0.25) is 9.69 Å². The Morgan fingerprint density at radius 3 is 2.57 bits per heavy atom. The molecule has 0 aromatic heterocycles. The van der Waals surface area contributed by atoms with Crippen molar-refractivity contribution in [2.24, 2.45) is 0 Å². The maximum absolute atomic E-state index is 12.6. The lowest BCUT2D eigenvalue weighted by molar-refractivity contribution is -0.122. The molecule has 5 heteroatoms.